The molecular formula is C17H17N3O5. The Morgan fingerprint density at radius 1 is 1.16 bits per heavy atom. The number of nitrogens with zero attached hydrogens (tertiary/aromatic N) is 2. The van der Waals surface area contributed by atoms with Crippen LogP contribution in [0.4, 0.5) is 5.69 Å². The maximum Gasteiger partial charge on any atom is 0.269 e. The Morgan fingerprint density at radius 2 is 1.84 bits per heavy atom. The van der Waals surface area contributed by atoms with E-state index in [1.807, 2.05) is 12.1 Å². The van der Waals surface area contributed by atoms with Gasteiger partial charge < -0.3 is 9.47 Å². The highest BCUT2D eigenvalue weighted by Gasteiger charge is 2.04. The zero-order valence-electron chi connectivity index (χ0n) is 13.5. The second-order valence-corrected chi connectivity index (χ2v) is 4.95. The predicted molar refractivity (Wildman–Crippen MR) is 91.9 cm³/mol. The van der Waals surface area contributed by atoms with Crippen molar-refractivity contribution in [2.24, 2.45) is 5.10 Å². The summed E-state index contributed by atoms with van der Waals surface area (Å²) in [6, 6.07) is 13.0. The summed E-state index contributed by atoms with van der Waals surface area (Å²) in [7, 11) is 0. The van der Waals surface area contributed by atoms with E-state index in [4.69, 9.17) is 9.47 Å². The van der Waals surface area contributed by atoms with Gasteiger partial charge in [-0.25, -0.2) is 5.43 Å². The molecule has 8 nitrogen and oxygen atoms in total. The molecule has 0 spiro atoms. The predicted octanol–water partition coefficient (Wildman–Crippen LogP) is 2.52. The van der Waals surface area contributed by atoms with E-state index in [1.165, 1.54) is 37.4 Å². The fourth-order valence-electron chi connectivity index (χ4n) is 1.87. The Bertz CT molecular complexity index is 759. The highest BCUT2D eigenvalue weighted by Crippen LogP contribution is 2.17. The van der Waals surface area contributed by atoms with Crippen LogP contribution in [0.15, 0.2) is 53.6 Å². The lowest BCUT2D eigenvalue weighted by molar-refractivity contribution is -0.384. The molecule has 0 aliphatic carbocycles. The van der Waals surface area contributed by atoms with Crippen molar-refractivity contribution in [3.8, 4) is 11.5 Å². The van der Waals surface area contributed by atoms with E-state index in [0.29, 0.717) is 24.7 Å². The van der Waals surface area contributed by atoms with E-state index >= 15 is 0 Å². The van der Waals surface area contributed by atoms with Crippen molar-refractivity contribution in [2.45, 2.75) is 6.92 Å². The third-order valence-corrected chi connectivity index (χ3v) is 2.96. The van der Waals surface area contributed by atoms with E-state index < -0.39 is 4.92 Å². The fraction of sp³-hybridized carbons (Fsp3) is 0.176. The van der Waals surface area contributed by atoms with Gasteiger partial charge in [0.05, 0.1) is 11.1 Å². The van der Waals surface area contributed by atoms with Crippen molar-refractivity contribution in [1.82, 2.24) is 5.43 Å². The van der Waals surface area contributed by atoms with Crippen LogP contribution in [0, 0.1) is 10.1 Å². The second kappa shape index (κ2) is 9.02. The third kappa shape index (κ3) is 6.30. The van der Waals surface area contributed by atoms with Crippen molar-refractivity contribution >= 4 is 17.8 Å². The number of nitrogens with one attached hydrogen (secondary N) is 1. The summed E-state index contributed by atoms with van der Waals surface area (Å²) >= 11 is 0. The molecule has 0 unspecified atom stereocenters. The van der Waals surface area contributed by atoms with Gasteiger partial charge in [0.15, 0.2) is 0 Å². The van der Waals surface area contributed by atoms with Crippen LogP contribution in [0.2, 0.25) is 0 Å². The van der Waals surface area contributed by atoms with Gasteiger partial charge in [0, 0.05) is 19.1 Å². The Morgan fingerprint density at radius 3 is 2.48 bits per heavy atom. The number of nitro benzene ring substituents is 1. The molecule has 0 aromatic heterocycles. The van der Waals surface area contributed by atoms with Crippen molar-refractivity contribution in [2.75, 3.05) is 13.2 Å². The third-order valence-electron chi connectivity index (χ3n) is 2.96. The molecule has 0 saturated heterocycles. The zero-order valence-corrected chi connectivity index (χ0v) is 13.5. The van der Waals surface area contributed by atoms with E-state index in [-0.39, 0.29) is 11.6 Å². The molecular weight excluding hydrogens is 326 g/mol. The normalized spacial score (nSPS) is 10.4. The Labute approximate surface area is 144 Å². The van der Waals surface area contributed by atoms with Gasteiger partial charge in [-0.05, 0) is 29.8 Å². The molecule has 130 valence electrons. The minimum atomic E-state index is -0.463. The fourth-order valence-corrected chi connectivity index (χ4v) is 1.87. The van der Waals surface area contributed by atoms with Crippen LogP contribution < -0.4 is 14.9 Å². The summed E-state index contributed by atoms with van der Waals surface area (Å²) in [4.78, 5) is 20.9. The molecule has 2 aromatic rings. The quantitative estimate of drug-likeness (QED) is 0.343. The summed E-state index contributed by atoms with van der Waals surface area (Å²) in [5, 5.41) is 14.4. The summed E-state index contributed by atoms with van der Waals surface area (Å²) < 4.78 is 11.0. The first-order valence-electron chi connectivity index (χ1n) is 7.44. The Hall–Kier alpha value is -3.42. The lowest BCUT2D eigenvalue weighted by Crippen LogP contribution is -2.12. The molecule has 0 bridgehead atoms. The van der Waals surface area contributed by atoms with Gasteiger partial charge in [-0.1, -0.05) is 12.1 Å². The van der Waals surface area contributed by atoms with E-state index in [0.717, 1.165) is 5.56 Å². The smallest absolute Gasteiger partial charge is 0.269 e. The topological polar surface area (TPSA) is 103 Å². The number of carbonyl (C=O) groups is 1. The number of carbonyl (C=O) groups excluding carboxylic acids is 1. The molecule has 1 N–H and O–H groups in total. The summed E-state index contributed by atoms with van der Waals surface area (Å²) in [5.41, 5.74) is 3.12. The Kier molecular flexibility index (Phi) is 6.47. The number of hydrazone groups is 1. The minimum absolute atomic E-state index is 0.0151. The molecule has 0 heterocycles. The lowest BCUT2D eigenvalue weighted by atomic mass is 10.2. The zero-order chi connectivity index (χ0) is 18.1. The van der Waals surface area contributed by atoms with Gasteiger partial charge >= 0.3 is 0 Å². The number of amides is 1. The summed E-state index contributed by atoms with van der Waals surface area (Å²) in [5.74, 6) is 0.927. The van der Waals surface area contributed by atoms with Crippen LogP contribution >= 0.6 is 0 Å². The molecule has 8 heteroatoms. The average Bonchev–Trinajstić information content (AvgIpc) is 2.59. The van der Waals surface area contributed by atoms with E-state index in [2.05, 4.69) is 10.5 Å². The van der Waals surface area contributed by atoms with Crippen molar-refractivity contribution < 1.29 is 19.2 Å². The van der Waals surface area contributed by atoms with Crippen molar-refractivity contribution in [3.05, 3.63) is 64.2 Å². The maximum atomic E-state index is 10.7. The first kappa shape index (κ1) is 17.9. The number of non-ortho nitro benzene ring substituents is 1. The molecule has 0 saturated carbocycles. The van der Waals surface area contributed by atoms with Crippen LogP contribution in [0.1, 0.15) is 12.5 Å². The van der Waals surface area contributed by atoms with Crippen LogP contribution in [-0.2, 0) is 4.79 Å². The molecule has 25 heavy (non-hydrogen) atoms. The van der Waals surface area contributed by atoms with E-state index in [1.54, 1.807) is 12.1 Å². The maximum absolute atomic E-state index is 10.7. The van der Waals surface area contributed by atoms with Gasteiger partial charge in [-0.15, -0.1) is 0 Å². The van der Waals surface area contributed by atoms with Crippen LogP contribution in [0.5, 0.6) is 11.5 Å². The molecule has 1 amide bonds. The van der Waals surface area contributed by atoms with Gasteiger partial charge in [-0.3, -0.25) is 14.9 Å². The first-order valence-corrected chi connectivity index (χ1v) is 7.44. The molecule has 2 aromatic carbocycles. The SMILES string of the molecule is CC(=O)N/N=C/c1cccc(OCCOc2ccc([N+](=O)[O-])cc2)c1. The molecule has 0 aliphatic rings. The number of hydrogen-bond acceptors (Lipinski definition) is 6. The number of hydrogen-bond donors (Lipinski definition) is 1. The van der Waals surface area contributed by atoms with Crippen molar-refractivity contribution in [3.63, 3.8) is 0 Å². The van der Waals surface area contributed by atoms with Crippen molar-refractivity contribution in [1.29, 1.82) is 0 Å². The minimum Gasteiger partial charge on any atom is -0.490 e. The van der Waals surface area contributed by atoms with Gasteiger partial charge in [0.25, 0.3) is 5.69 Å². The Balaban J connectivity index is 1.78. The monoisotopic (exact) mass is 343 g/mol. The van der Waals surface area contributed by atoms with Gasteiger partial charge in [-0.2, -0.15) is 5.10 Å². The van der Waals surface area contributed by atoms with Crippen LogP contribution in [-0.4, -0.2) is 30.3 Å². The molecule has 0 radical (unpaired) electrons. The average molecular weight is 343 g/mol. The second-order valence-electron chi connectivity index (χ2n) is 4.95. The van der Waals surface area contributed by atoms with Gasteiger partial charge in [0.1, 0.15) is 24.7 Å². The summed E-state index contributed by atoms with van der Waals surface area (Å²) in [6.45, 7) is 1.98. The number of ether oxygens (including phenoxy) is 2. The lowest BCUT2D eigenvalue weighted by Gasteiger charge is -2.08. The standard InChI is InChI=1S/C17H17N3O5/c1-13(21)19-18-12-14-3-2-4-17(11-14)25-10-9-24-16-7-5-15(6-8-16)20(22)23/h2-8,11-12H,9-10H2,1H3,(H,19,21)/b18-12+. The van der Waals surface area contributed by atoms with Gasteiger partial charge in [0.2, 0.25) is 5.91 Å². The van der Waals surface area contributed by atoms with Crippen LogP contribution in [0.25, 0.3) is 0 Å². The molecule has 0 aliphatic heterocycles. The highest BCUT2D eigenvalue weighted by atomic mass is 16.6. The molecule has 0 fully saturated rings. The number of rotatable bonds is 8. The molecule has 0 atom stereocenters. The largest absolute Gasteiger partial charge is 0.490 e. The highest BCUT2D eigenvalue weighted by molar-refractivity contribution is 5.82. The number of benzene rings is 2. The van der Waals surface area contributed by atoms with Crippen LogP contribution in [0.3, 0.4) is 0 Å². The number of nitro groups is 1. The summed E-state index contributed by atoms with van der Waals surface area (Å²) in [6.07, 6.45) is 1.52. The molecule has 2 rings (SSSR count). The van der Waals surface area contributed by atoms with E-state index in [9.17, 15) is 14.9 Å². The first-order chi connectivity index (χ1) is 12.0.